The lowest BCUT2D eigenvalue weighted by atomic mass is 10.1. The predicted octanol–water partition coefficient (Wildman–Crippen LogP) is 3.43. The molecule has 0 saturated heterocycles. The topological polar surface area (TPSA) is 64.3 Å². The molecule has 0 fully saturated rings. The Bertz CT molecular complexity index is 662. The number of amides is 1. The van der Waals surface area contributed by atoms with E-state index in [0.717, 1.165) is 0 Å². The number of nitrogen functional groups attached to an aromatic ring is 1. The summed E-state index contributed by atoms with van der Waals surface area (Å²) in [6.07, 6.45) is 0. The van der Waals surface area contributed by atoms with Gasteiger partial charge in [-0.1, -0.05) is 15.9 Å². The highest BCUT2D eigenvalue weighted by Crippen LogP contribution is 2.24. The minimum Gasteiger partial charge on any atom is -0.496 e. The Balaban J connectivity index is 2.28. The van der Waals surface area contributed by atoms with Gasteiger partial charge in [0.2, 0.25) is 0 Å². The van der Waals surface area contributed by atoms with Gasteiger partial charge in [-0.3, -0.25) is 4.79 Å². The molecule has 1 amide bonds. The smallest absolute Gasteiger partial charge is 0.259 e. The largest absolute Gasteiger partial charge is 0.496 e. The Morgan fingerprint density at radius 2 is 2.05 bits per heavy atom. The molecular formula is C14H12BrFN2O2. The van der Waals surface area contributed by atoms with Crippen LogP contribution in [0.4, 0.5) is 15.8 Å². The monoisotopic (exact) mass is 338 g/mol. The van der Waals surface area contributed by atoms with Gasteiger partial charge >= 0.3 is 0 Å². The Morgan fingerprint density at radius 3 is 2.70 bits per heavy atom. The fourth-order valence-electron chi connectivity index (χ4n) is 1.68. The van der Waals surface area contributed by atoms with Crippen LogP contribution in [0.1, 0.15) is 10.4 Å². The van der Waals surface area contributed by atoms with Crippen LogP contribution < -0.4 is 15.8 Å². The highest BCUT2D eigenvalue weighted by atomic mass is 79.9. The zero-order valence-corrected chi connectivity index (χ0v) is 12.2. The fraction of sp³-hybridized carbons (Fsp3) is 0.0714. The average Bonchev–Trinajstić information content (AvgIpc) is 2.41. The van der Waals surface area contributed by atoms with E-state index in [2.05, 4.69) is 21.2 Å². The van der Waals surface area contributed by atoms with Crippen molar-refractivity contribution in [2.75, 3.05) is 18.2 Å². The maximum atomic E-state index is 13.7. The maximum Gasteiger partial charge on any atom is 0.259 e. The summed E-state index contributed by atoms with van der Waals surface area (Å²) in [4.78, 5) is 12.1. The van der Waals surface area contributed by atoms with Gasteiger partial charge in [-0.15, -0.1) is 0 Å². The molecule has 6 heteroatoms. The van der Waals surface area contributed by atoms with Crippen molar-refractivity contribution in [1.82, 2.24) is 0 Å². The van der Waals surface area contributed by atoms with E-state index in [1.165, 1.54) is 31.4 Å². The molecule has 3 N–H and O–H groups in total. The van der Waals surface area contributed by atoms with Crippen LogP contribution in [0.2, 0.25) is 0 Å². The number of carbonyl (C=O) groups is 1. The molecule has 20 heavy (non-hydrogen) atoms. The second-order valence-corrected chi connectivity index (χ2v) is 4.95. The molecule has 0 heterocycles. The van der Waals surface area contributed by atoms with Crippen molar-refractivity contribution >= 4 is 33.2 Å². The summed E-state index contributed by atoms with van der Waals surface area (Å²) in [7, 11) is 1.44. The van der Waals surface area contributed by atoms with Crippen LogP contribution in [0.15, 0.2) is 40.9 Å². The summed E-state index contributed by atoms with van der Waals surface area (Å²) in [5.74, 6) is -0.662. The van der Waals surface area contributed by atoms with E-state index in [-0.39, 0.29) is 11.3 Å². The summed E-state index contributed by atoms with van der Waals surface area (Å²) >= 11 is 3.15. The first-order chi connectivity index (χ1) is 9.51. The summed E-state index contributed by atoms with van der Waals surface area (Å²) in [5, 5.41) is 2.49. The molecule has 0 aromatic heterocycles. The highest BCUT2D eigenvalue weighted by Gasteiger charge is 2.14. The van der Waals surface area contributed by atoms with Crippen LogP contribution in [-0.2, 0) is 0 Å². The molecule has 0 radical (unpaired) electrons. The first-order valence-corrected chi connectivity index (χ1v) is 6.50. The fourth-order valence-corrected chi connectivity index (χ4v) is 2.01. The molecule has 0 unspecified atom stereocenters. The number of nitrogens with two attached hydrogens (primary N) is 1. The Morgan fingerprint density at radius 1 is 1.30 bits per heavy atom. The number of anilines is 2. The van der Waals surface area contributed by atoms with Crippen molar-refractivity contribution in [3.63, 3.8) is 0 Å². The van der Waals surface area contributed by atoms with Gasteiger partial charge < -0.3 is 15.8 Å². The van der Waals surface area contributed by atoms with Gasteiger partial charge in [0.05, 0.1) is 18.4 Å². The molecule has 0 saturated carbocycles. The quantitative estimate of drug-likeness (QED) is 0.842. The van der Waals surface area contributed by atoms with E-state index >= 15 is 0 Å². The van der Waals surface area contributed by atoms with Crippen molar-refractivity contribution in [2.45, 2.75) is 0 Å². The second-order valence-electron chi connectivity index (χ2n) is 4.04. The Hall–Kier alpha value is -2.08. The molecule has 0 bridgehead atoms. The van der Waals surface area contributed by atoms with Crippen molar-refractivity contribution in [3.8, 4) is 5.75 Å². The number of nitrogens with one attached hydrogen (secondary N) is 1. The van der Waals surface area contributed by atoms with Gasteiger partial charge in [-0.05, 0) is 30.3 Å². The summed E-state index contributed by atoms with van der Waals surface area (Å²) < 4.78 is 19.4. The van der Waals surface area contributed by atoms with Gasteiger partial charge in [0.15, 0.2) is 0 Å². The van der Waals surface area contributed by atoms with Crippen LogP contribution in [0.5, 0.6) is 5.75 Å². The number of methoxy groups -OCH3 is 1. The minimum absolute atomic E-state index is 0.0945. The second kappa shape index (κ2) is 5.92. The number of benzene rings is 2. The number of rotatable bonds is 3. The molecule has 0 spiro atoms. The first kappa shape index (κ1) is 14.3. The molecule has 0 atom stereocenters. The van der Waals surface area contributed by atoms with Crippen molar-refractivity contribution in [3.05, 3.63) is 52.3 Å². The normalized spacial score (nSPS) is 10.2. The van der Waals surface area contributed by atoms with Crippen LogP contribution in [0, 0.1) is 5.82 Å². The standard InChI is InChI=1S/C14H12BrFN2O2/c1-20-13-7-9(17)3-4-10(13)14(19)18-12-5-2-8(15)6-11(12)16/h2-7H,17H2,1H3,(H,18,19). The molecule has 2 rings (SSSR count). The number of halogens is 2. The first-order valence-electron chi connectivity index (χ1n) is 5.71. The minimum atomic E-state index is -0.526. The molecule has 0 aliphatic rings. The lowest BCUT2D eigenvalue weighted by Crippen LogP contribution is -2.14. The van der Waals surface area contributed by atoms with Crippen LogP contribution >= 0.6 is 15.9 Å². The van der Waals surface area contributed by atoms with E-state index < -0.39 is 11.7 Å². The number of ether oxygens (including phenoxy) is 1. The third-order valence-electron chi connectivity index (χ3n) is 2.65. The van der Waals surface area contributed by atoms with Gasteiger partial charge in [0, 0.05) is 16.2 Å². The third-order valence-corrected chi connectivity index (χ3v) is 3.14. The van der Waals surface area contributed by atoms with Crippen LogP contribution in [0.25, 0.3) is 0 Å². The Labute approximate surface area is 123 Å². The zero-order valence-electron chi connectivity index (χ0n) is 10.6. The summed E-state index contributed by atoms with van der Waals surface area (Å²) in [6, 6.07) is 9.03. The van der Waals surface area contributed by atoms with E-state index in [0.29, 0.717) is 15.9 Å². The van der Waals surface area contributed by atoms with Gasteiger partial charge in [-0.2, -0.15) is 0 Å². The van der Waals surface area contributed by atoms with Crippen LogP contribution in [-0.4, -0.2) is 13.0 Å². The zero-order chi connectivity index (χ0) is 14.7. The molecule has 2 aromatic rings. The SMILES string of the molecule is COc1cc(N)ccc1C(=O)Nc1ccc(Br)cc1F. The van der Waals surface area contributed by atoms with Gasteiger partial charge in [0.1, 0.15) is 11.6 Å². The Kier molecular flexibility index (Phi) is 4.24. The molecule has 0 aliphatic carbocycles. The third kappa shape index (κ3) is 3.08. The van der Waals surface area contributed by atoms with E-state index in [1.54, 1.807) is 12.1 Å². The number of hydrogen-bond donors (Lipinski definition) is 2. The van der Waals surface area contributed by atoms with Crippen molar-refractivity contribution in [1.29, 1.82) is 0 Å². The lowest BCUT2D eigenvalue weighted by Gasteiger charge is -2.10. The molecule has 4 nitrogen and oxygen atoms in total. The van der Waals surface area contributed by atoms with E-state index in [4.69, 9.17) is 10.5 Å². The van der Waals surface area contributed by atoms with E-state index in [1.807, 2.05) is 0 Å². The van der Waals surface area contributed by atoms with E-state index in [9.17, 15) is 9.18 Å². The van der Waals surface area contributed by atoms with Gasteiger partial charge in [0.25, 0.3) is 5.91 Å². The molecular weight excluding hydrogens is 327 g/mol. The maximum absolute atomic E-state index is 13.7. The average molecular weight is 339 g/mol. The summed E-state index contributed by atoms with van der Waals surface area (Å²) in [6.45, 7) is 0. The molecule has 0 aliphatic heterocycles. The van der Waals surface area contributed by atoms with Crippen molar-refractivity contribution in [2.24, 2.45) is 0 Å². The predicted molar refractivity (Wildman–Crippen MR) is 79.5 cm³/mol. The summed E-state index contributed by atoms with van der Waals surface area (Å²) in [5.41, 5.74) is 6.48. The highest BCUT2D eigenvalue weighted by molar-refractivity contribution is 9.10. The van der Waals surface area contributed by atoms with Gasteiger partial charge in [-0.25, -0.2) is 4.39 Å². The van der Waals surface area contributed by atoms with Crippen molar-refractivity contribution < 1.29 is 13.9 Å². The number of hydrogen-bond acceptors (Lipinski definition) is 3. The number of carbonyl (C=O) groups excluding carboxylic acids is 1. The lowest BCUT2D eigenvalue weighted by molar-refractivity contribution is 0.102. The van der Waals surface area contributed by atoms with Crippen LogP contribution in [0.3, 0.4) is 0 Å². The molecule has 104 valence electrons. The molecule has 2 aromatic carbocycles.